The minimum atomic E-state index is -4.44. The molecular weight excluding hydrogens is 391 g/mol. The molecule has 0 aromatic heterocycles. The van der Waals surface area contributed by atoms with Gasteiger partial charge in [-0.3, -0.25) is 14.9 Å². The SMILES string of the molecule is O=C(NCc1ccc(C(F)(F)F)cc1)c1cc(N2CCOCC2)ccc1[N+](=O)[O-]. The second-order valence-corrected chi connectivity index (χ2v) is 6.44. The number of hydrogen-bond donors (Lipinski definition) is 1. The van der Waals surface area contributed by atoms with Gasteiger partial charge >= 0.3 is 6.18 Å². The average molecular weight is 409 g/mol. The maximum atomic E-state index is 12.6. The molecule has 1 aliphatic rings. The number of nitrogens with zero attached hydrogens (tertiary/aromatic N) is 2. The molecule has 29 heavy (non-hydrogen) atoms. The predicted molar refractivity (Wildman–Crippen MR) is 98.7 cm³/mol. The number of morpholine rings is 1. The van der Waals surface area contributed by atoms with E-state index in [4.69, 9.17) is 4.74 Å². The van der Waals surface area contributed by atoms with Crippen molar-refractivity contribution in [3.05, 3.63) is 69.3 Å². The van der Waals surface area contributed by atoms with Crippen molar-refractivity contribution < 1.29 is 27.6 Å². The first-order valence-corrected chi connectivity index (χ1v) is 8.81. The third-order valence-electron chi connectivity index (χ3n) is 4.53. The second-order valence-electron chi connectivity index (χ2n) is 6.44. The molecule has 1 saturated heterocycles. The number of rotatable bonds is 5. The standard InChI is InChI=1S/C19H18F3N3O4/c20-19(21,22)14-3-1-13(2-4-14)12-23-18(26)16-11-15(5-6-17(16)25(27)28)24-7-9-29-10-8-24/h1-6,11H,7-10,12H2,(H,23,26). The molecule has 154 valence electrons. The molecule has 0 atom stereocenters. The fourth-order valence-corrected chi connectivity index (χ4v) is 2.97. The Morgan fingerprint density at radius 1 is 1.14 bits per heavy atom. The van der Waals surface area contributed by atoms with Crippen LogP contribution >= 0.6 is 0 Å². The average Bonchev–Trinajstić information content (AvgIpc) is 2.71. The van der Waals surface area contributed by atoms with E-state index in [1.165, 1.54) is 24.3 Å². The Balaban J connectivity index is 1.75. The van der Waals surface area contributed by atoms with Crippen molar-refractivity contribution in [1.82, 2.24) is 5.32 Å². The van der Waals surface area contributed by atoms with Crippen LogP contribution in [-0.4, -0.2) is 37.1 Å². The van der Waals surface area contributed by atoms with Gasteiger partial charge in [0, 0.05) is 31.4 Å². The van der Waals surface area contributed by atoms with Crippen LogP contribution in [0.15, 0.2) is 42.5 Å². The molecular formula is C19H18F3N3O4. The van der Waals surface area contributed by atoms with E-state index < -0.39 is 22.6 Å². The summed E-state index contributed by atoms with van der Waals surface area (Å²) in [5.74, 6) is -0.674. The topological polar surface area (TPSA) is 84.7 Å². The summed E-state index contributed by atoms with van der Waals surface area (Å²) in [6, 6.07) is 8.65. The number of halogens is 3. The molecule has 7 nitrogen and oxygen atoms in total. The molecule has 0 saturated carbocycles. The number of benzene rings is 2. The lowest BCUT2D eigenvalue weighted by molar-refractivity contribution is -0.385. The van der Waals surface area contributed by atoms with Gasteiger partial charge in [-0.1, -0.05) is 12.1 Å². The fraction of sp³-hybridized carbons (Fsp3) is 0.316. The summed E-state index contributed by atoms with van der Waals surface area (Å²) in [6.45, 7) is 2.18. The Hall–Kier alpha value is -3.14. The van der Waals surface area contributed by atoms with Crippen molar-refractivity contribution in [2.75, 3.05) is 31.2 Å². The molecule has 1 heterocycles. The summed E-state index contributed by atoms with van der Waals surface area (Å²) in [6.07, 6.45) is -4.44. The number of nitro benzene ring substituents is 1. The third-order valence-corrected chi connectivity index (χ3v) is 4.53. The Kier molecular flexibility index (Phi) is 6.02. The quantitative estimate of drug-likeness (QED) is 0.605. The van der Waals surface area contributed by atoms with Gasteiger partial charge in [0.2, 0.25) is 0 Å². The van der Waals surface area contributed by atoms with E-state index in [0.717, 1.165) is 12.1 Å². The fourth-order valence-electron chi connectivity index (χ4n) is 2.97. The van der Waals surface area contributed by atoms with Gasteiger partial charge in [0.05, 0.1) is 23.7 Å². The van der Waals surface area contributed by atoms with Crippen molar-refractivity contribution in [2.24, 2.45) is 0 Å². The highest BCUT2D eigenvalue weighted by molar-refractivity contribution is 5.99. The van der Waals surface area contributed by atoms with Gasteiger partial charge < -0.3 is 15.0 Å². The van der Waals surface area contributed by atoms with E-state index >= 15 is 0 Å². The van der Waals surface area contributed by atoms with E-state index in [9.17, 15) is 28.1 Å². The first-order valence-electron chi connectivity index (χ1n) is 8.81. The molecule has 0 unspecified atom stereocenters. The molecule has 0 spiro atoms. The molecule has 3 rings (SSSR count). The Labute approximate surface area is 164 Å². The highest BCUT2D eigenvalue weighted by Crippen LogP contribution is 2.29. The van der Waals surface area contributed by atoms with E-state index in [1.807, 2.05) is 4.90 Å². The summed E-state index contributed by atoms with van der Waals surface area (Å²) in [5.41, 5.74) is -0.129. The number of hydrogen-bond acceptors (Lipinski definition) is 5. The Bertz CT molecular complexity index is 895. The smallest absolute Gasteiger partial charge is 0.378 e. The number of anilines is 1. The minimum absolute atomic E-state index is 0.0596. The lowest BCUT2D eigenvalue weighted by atomic mass is 10.1. The molecule has 2 aromatic carbocycles. The minimum Gasteiger partial charge on any atom is -0.378 e. The lowest BCUT2D eigenvalue weighted by Crippen LogP contribution is -2.36. The van der Waals surface area contributed by atoms with Crippen LogP contribution in [0.2, 0.25) is 0 Å². The highest BCUT2D eigenvalue weighted by Gasteiger charge is 2.30. The molecule has 2 aromatic rings. The third kappa shape index (κ3) is 5.02. The zero-order valence-corrected chi connectivity index (χ0v) is 15.2. The van der Waals surface area contributed by atoms with Crippen molar-refractivity contribution in [3.63, 3.8) is 0 Å². The number of carbonyl (C=O) groups excluding carboxylic acids is 1. The maximum Gasteiger partial charge on any atom is 0.416 e. The van der Waals surface area contributed by atoms with Gasteiger partial charge in [-0.2, -0.15) is 13.2 Å². The monoisotopic (exact) mass is 409 g/mol. The molecule has 0 aliphatic carbocycles. The van der Waals surface area contributed by atoms with E-state index in [-0.39, 0.29) is 17.8 Å². The van der Waals surface area contributed by atoms with E-state index in [0.29, 0.717) is 37.6 Å². The summed E-state index contributed by atoms with van der Waals surface area (Å²) in [4.78, 5) is 25.2. The number of carbonyl (C=O) groups is 1. The number of ether oxygens (including phenoxy) is 1. The number of nitro groups is 1. The van der Waals surface area contributed by atoms with Gasteiger partial charge in [0.25, 0.3) is 11.6 Å². The molecule has 1 amide bonds. The number of nitrogens with one attached hydrogen (secondary N) is 1. The van der Waals surface area contributed by atoms with Crippen LogP contribution in [0.3, 0.4) is 0 Å². The van der Waals surface area contributed by atoms with Crippen molar-refractivity contribution in [1.29, 1.82) is 0 Å². The van der Waals surface area contributed by atoms with Crippen molar-refractivity contribution in [3.8, 4) is 0 Å². The Morgan fingerprint density at radius 3 is 2.38 bits per heavy atom. The molecule has 0 bridgehead atoms. The van der Waals surface area contributed by atoms with Crippen LogP contribution in [0.1, 0.15) is 21.5 Å². The largest absolute Gasteiger partial charge is 0.416 e. The predicted octanol–water partition coefficient (Wildman–Crippen LogP) is 3.38. The summed E-state index contributed by atoms with van der Waals surface area (Å²) in [7, 11) is 0. The Morgan fingerprint density at radius 2 is 1.79 bits per heavy atom. The van der Waals surface area contributed by atoms with Crippen LogP contribution in [-0.2, 0) is 17.5 Å². The van der Waals surface area contributed by atoms with Crippen molar-refractivity contribution >= 4 is 17.3 Å². The van der Waals surface area contributed by atoms with Gasteiger partial charge in [0.15, 0.2) is 0 Å². The summed E-state index contributed by atoms with van der Waals surface area (Å²) >= 11 is 0. The van der Waals surface area contributed by atoms with Gasteiger partial charge in [0.1, 0.15) is 5.56 Å². The molecule has 1 N–H and O–H groups in total. The molecule has 10 heteroatoms. The normalized spacial score (nSPS) is 14.5. The second kappa shape index (κ2) is 8.48. The van der Waals surface area contributed by atoms with Gasteiger partial charge in [-0.25, -0.2) is 0 Å². The van der Waals surface area contributed by atoms with Gasteiger partial charge in [-0.05, 0) is 29.8 Å². The zero-order chi connectivity index (χ0) is 21.0. The zero-order valence-electron chi connectivity index (χ0n) is 15.2. The lowest BCUT2D eigenvalue weighted by Gasteiger charge is -2.29. The number of amides is 1. The highest BCUT2D eigenvalue weighted by atomic mass is 19.4. The first-order chi connectivity index (χ1) is 13.8. The van der Waals surface area contributed by atoms with E-state index in [2.05, 4.69) is 5.32 Å². The van der Waals surface area contributed by atoms with Crippen LogP contribution in [0.4, 0.5) is 24.5 Å². The van der Waals surface area contributed by atoms with Crippen LogP contribution in [0.25, 0.3) is 0 Å². The summed E-state index contributed by atoms with van der Waals surface area (Å²) < 4.78 is 43.1. The van der Waals surface area contributed by atoms with Crippen molar-refractivity contribution in [2.45, 2.75) is 12.7 Å². The van der Waals surface area contributed by atoms with Crippen LogP contribution in [0, 0.1) is 10.1 Å². The van der Waals surface area contributed by atoms with E-state index in [1.54, 1.807) is 6.07 Å². The van der Waals surface area contributed by atoms with Gasteiger partial charge in [-0.15, -0.1) is 0 Å². The first kappa shape index (κ1) is 20.6. The molecule has 1 aliphatic heterocycles. The maximum absolute atomic E-state index is 12.6. The molecule has 0 radical (unpaired) electrons. The number of alkyl halides is 3. The van der Waals surface area contributed by atoms with Crippen LogP contribution in [0.5, 0.6) is 0 Å². The summed E-state index contributed by atoms with van der Waals surface area (Å²) in [5, 5.41) is 13.8. The molecule has 1 fully saturated rings. The van der Waals surface area contributed by atoms with Crippen LogP contribution < -0.4 is 10.2 Å².